The van der Waals surface area contributed by atoms with Crippen molar-refractivity contribution in [3.63, 3.8) is 0 Å². The van der Waals surface area contributed by atoms with Crippen LogP contribution in [0.1, 0.15) is 34.1 Å². The molecule has 1 atom stereocenters. The SMILES string of the molecule is CC/C=N/OCC(O)CNC(C)(C)C.O=C(O)/C=C/C(=O)O. The van der Waals surface area contributed by atoms with Crippen molar-refractivity contribution < 1.29 is 29.7 Å². The van der Waals surface area contributed by atoms with E-state index in [4.69, 9.17) is 15.1 Å². The number of carbonyl (C=O) groups is 2. The summed E-state index contributed by atoms with van der Waals surface area (Å²) in [7, 11) is 0. The van der Waals surface area contributed by atoms with Crippen molar-refractivity contribution in [2.24, 2.45) is 5.16 Å². The van der Waals surface area contributed by atoms with Crippen LogP contribution in [0.4, 0.5) is 0 Å². The molecule has 0 amide bonds. The molecule has 0 aromatic rings. The summed E-state index contributed by atoms with van der Waals surface area (Å²) in [5, 5.41) is 31.9. The summed E-state index contributed by atoms with van der Waals surface area (Å²) in [6.07, 6.45) is 3.12. The predicted molar refractivity (Wildman–Crippen MR) is 82.9 cm³/mol. The number of oxime groups is 1. The maximum absolute atomic E-state index is 9.55. The fraction of sp³-hybridized carbons (Fsp3) is 0.643. The Kier molecular flexibility index (Phi) is 13.0. The molecule has 8 heteroatoms. The highest BCUT2D eigenvalue weighted by Crippen LogP contribution is 1.98. The van der Waals surface area contributed by atoms with Crippen LogP contribution in [0.3, 0.4) is 0 Å². The van der Waals surface area contributed by atoms with E-state index in [2.05, 4.69) is 31.2 Å². The first-order chi connectivity index (χ1) is 10.1. The van der Waals surface area contributed by atoms with Crippen molar-refractivity contribution in [3.05, 3.63) is 12.2 Å². The van der Waals surface area contributed by atoms with Gasteiger partial charge in [-0.1, -0.05) is 12.1 Å². The molecule has 0 saturated carbocycles. The second-order valence-electron chi connectivity index (χ2n) is 5.29. The topological polar surface area (TPSA) is 128 Å². The molecule has 0 heterocycles. The Morgan fingerprint density at radius 1 is 1.23 bits per heavy atom. The molecule has 0 aliphatic carbocycles. The average Bonchev–Trinajstić information content (AvgIpc) is 2.39. The third-order valence-corrected chi connectivity index (χ3v) is 1.84. The number of aliphatic hydroxyl groups excluding tert-OH is 1. The highest BCUT2D eigenvalue weighted by molar-refractivity contribution is 5.89. The van der Waals surface area contributed by atoms with Gasteiger partial charge in [0.1, 0.15) is 12.7 Å². The molecule has 128 valence electrons. The summed E-state index contributed by atoms with van der Waals surface area (Å²) in [6.45, 7) is 8.89. The second-order valence-corrected chi connectivity index (χ2v) is 5.29. The number of carboxylic acids is 2. The van der Waals surface area contributed by atoms with Crippen LogP contribution in [0.25, 0.3) is 0 Å². The number of β-amino-alcohol motifs (C(OH)–C–C–N with tert-alkyl or cyclic N) is 1. The Hall–Kier alpha value is -1.93. The number of aliphatic carboxylic acids is 2. The number of nitrogens with one attached hydrogen (secondary N) is 1. The van der Waals surface area contributed by atoms with Gasteiger partial charge < -0.3 is 25.5 Å². The number of nitrogens with zero attached hydrogens (tertiary/aromatic N) is 1. The molecule has 0 radical (unpaired) electrons. The smallest absolute Gasteiger partial charge is 0.328 e. The summed E-state index contributed by atoms with van der Waals surface area (Å²) in [6, 6.07) is 0. The molecule has 4 N–H and O–H groups in total. The third kappa shape index (κ3) is 23.2. The van der Waals surface area contributed by atoms with Crippen molar-refractivity contribution in [3.8, 4) is 0 Å². The normalized spacial score (nSPS) is 12.8. The lowest BCUT2D eigenvalue weighted by atomic mass is 10.1. The third-order valence-electron chi connectivity index (χ3n) is 1.84. The van der Waals surface area contributed by atoms with Gasteiger partial charge in [0.2, 0.25) is 0 Å². The lowest BCUT2D eigenvalue weighted by Gasteiger charge is -2.22. The van der Waals surface area contributed by atoms with Gasteiger partial charge >= 0.3 is 11.9 Å². The van der Waals surface area contributed by atoms with Gasteiger partial charge in [-0.05, 0) is 27.2 Å². The van der Waals surface area contributed by atoms with Crippen molar-refractivity contribution in [1.29, 1.82) is 0 Å². The van der Waals surface area contributed by atoms with E-state index in [0.29, 0.717) is 18.7 Å². The fourth-order valence-corrected chi connectivity index (χ4v) is 0.882. The molecule has 8 nitrogen and oxygen atoms in total. The highest BCUT2D eigenvalue weighted by atomic mass is 16.6. The molecule has 0 bridgehead atoms. The van der Waals surface area contributed by atoms with Gasteiger partial charge in [0.05, 0.1) is 0 Å². The molecule has 0 spiro atoms. The summed E-state index contributed by atoms with van der Waals surface area (Å²) in [5.41, 5.74) is 0.0215. The van der Waals surface area contributed by atoms with Crippen LogP contribution in [0.2, 0.25) is 0 Å². The van der Waals surface area contributed by atoms with E-state index in [1.807, 2.05) is 6.92 Å². The van der Waals surface area contributed by atoms with Gasteiger partial charge in [-0.3, -0.25) is 0 Å². The van der Waals surface area contributed by atoms with Crippen LogP contribution in [0.15, 0.2) is 17.3 Å². The lowest BCUT2D eigenvalue weighted by molar-refractivity contribution is -0.134. The van der Waals surface area contributed by atoms with E-state index in [1.54, 1.807) is 6.21 Å². The summed E-state index contributed by atoms with van der Waals surface area (Å²) >= 11 is 0. The standard InChI is InChI=1S/C10H22N2O2.C4H4O4/c1-5-6-12-14-8-9(13)7-11-10(2,3)4;5-3(6)1-2-4(7)8/h6,9,11,13H,5,7-8H2,1-4H3;1-2H,(H,5,6)(H,7,8)/b12-6+;2-1+. The van der Waals surface area contributed by atoms with Crippen LogP contribution >= 0.6 is 0 Å². The minimum Gasteiger partial charge on any atom is -0.478 e. The average molecular weight is 318 g/mol. The van der Waals surface area contributed by atoms with Crippen molar-refractivity contribution in [2.75, 3.05) is 13.2 Å². The summed E-state index contributed by atoms with van der Waals surface area (Å²) in [4.78, 5) is 24.0. The van der Waals surface area contributed by atoms with Gasteiger partial charge in [0.15, 0.2) is 0 Å². The Balaban J connectivity index is 0. The van der Waals surface area contributed by atoms with E-state index in [0.717, 1.165) is 6.42 Å². The maximum Gasteiger partial charge on any atom is 0.328 e. The lowest BCUT2D eigenvalue weighted by Crippen LogP contribution is -2.42. The van der Waals surface area contributed by atoms with Crippen LogP contribution < -0.4 is 5.32 Å². The second kappa shape index (κ2) is 12.8. The van der Waals surface area contributed by atoms with Crippen LogP contribution in [-0.4, -0.2) is 58.3 Å². The van der Waals surface area contributed by atoms with Gasteiger partial charge in [0.25, 0.3) is 0 Å². The summed E-state index contributed by atoms with van der Waals surface area (Å²) in [5.74, 6) is -2.51. The molecule has 0 fully saturated rings. The molecule has 0 aliphatic heterocycles. The molecule has 0 aromatic carbocycles. The first kappa shape index (κ1) is 22.4. The highest BCUT2D eigenvalue weighted by Gasteiger charge is 2.12. The first-order valence-electron chi connectivity index (χ1n) is 6.79. The Bertz CT molecular complexity index is 358. The van der Waals surface area contributed by atoms with Gasteiger partial charge in [-0.2, -0.15) is 0 Å². The Labute approximate surface area is 130 Å². The molecule has 0 aliphatic rings. The van der Waals surface area contributed by atoms with E-state index >= 15 is 0 Å². The Morgan fingerprint density at radius 2 is 1.73 bits per heavy atom. The zero-order valence-corrected chi connectivity index (χ0v) is 13.4. The molecule has 0 aromatic heterocycles. The number of carboxylic acid groups (broad SMARTS) is 2. The van der Waals surface area contributed by atoms with Crippen molar-refractivity contribution >= 4 is 18.2 Å². The first-order valence-corrected chi connectivity index (χ1v) is 6.79. The van der Waals surface area contributed by atoms with Crippen molar-refractivity contribution in [2.45, 2.75) is 45.8 Å². The molecule has 1 unspecified atom stereocenters. The monoisotopic (exact) mass is 318 g/mol. The van der Waals surface area contributed by atoms with Gasteiger partial charge in [-0.15, -0.1) is 0 Å². The van der Waals surface area contributed by atoms with E-state index in [1.165, 1.54) is 0 Å². The summed E-state index contributed by atoms with van der Waals surface area (Å²) < 4.78 is 0. The van der Waals surface area contributed by atoms with Crippen LogP contribution in [0, 0.1) is 0 Å². The molecule has 0 rings (SSSR count). The Morgan fingerprint density at radius 3 is 2.09 bits per heavy atom. The fourth-order valence-electron chi connectivity index (χ4n) is 0.882. The molecular weight excluding hydrogens is 292 g/mol. The van der Waals surface area contributed by atoms with E-state index in [-0.39, 0.29) is 12.1 Å². The molecular formula is C14H26N2O6. The van der Waals surface area contributed by atoms with Gasteiger partial charge in [-0.25, -0.2) is 9.59 Å². The minimum absolute atomic E-state index is 0.0215. The minimum atomic E-state index is -1.26. The van der Waals surface area contributed by atoms with Gasteiger partial charge in [0, 0.05) is 30.5 Å². The zero-order chi connectivity index (χ0) is 17.6. The maximum atomic E-state index is 9.55. The zero-order valence-electron chi connectivity index (χ0n) is 13.4. The van der Waals surface area contributed by atoms with Crippen molar-refractivity contribution in [1.82, 2.24) is 5.32 Å². The number of hydrogen-bond donors (Lipinski definition) is 4. The quantitative estimate of drug-likeness (QED) is 0.297. The molecule has 22 heavy (non-hydrogen) atoms. The predicted octanol–water partition coefficient (Wildman–Crippen LogP) is 0.860. The largest absolute Gasteiger partial charge is 0.478 e. The number of rotatable bonds is 8. The number of aliphatic hydroxyl groups is 1. The van der Waals surface area contributed by atoms with E-state index in [9.17, 15) is 14.7 Å². The number of hydrogen-bond acceptors (Lipinski definition) is 6. The molecule has 0 saturated heterocycles. The van der Waals surface area contributed by atoms with E-state index < -0.39 is 18.0 Å². The van der Waals surface area contributed by atoms with Crippen LogP contribution in [0.5, 0.6) is 0 Å². The van der Waals surface area contributed by atoms with Crippen LogP contribution in [-0.2, 0) is 14.4 Å².